The van der Waals surface area contributed by atoms with E-state index in [0.717, 1.165) is 24.1 Å². The van der Waals surface area contributed by atoms with Gasteiger partial charge in [0, 0.05) is 24.4 Å². The van der Waals surface area contributed by atoms with E-state index in [-0.39, 0.29) is 0 Å². The predicted molar refractivity (Wildman–Crippen MR) is 62.9 cm³/mol. The van der Waals surface area contributed by atoms with Crippen molar-refractivity contribution in [1.29, 1.82) is 0 Å². The van der Waals surface area contributed by atoms with Gasteiger partial charge in [0.25, 0.3) is 0 Å². The highest BCUT2D eigenvalue weighted by Crippen LogP contribution is 2.16. The fourth-order valence-corrected chi connectivity index (χ4v) is 1.70. The van der Waals surface area contributed by atoms with Crippen LogP contribution in [0, 0.1) is 0 Å². The van der Waals surface area contributed by atoms with Crippen LogP contribution in [0.15, 0.2) is 30.9 Å². The van der Waals surface area contributed by atoms with E-state index in [4.69, 9.17) is 5.73 Å². The molecule has 4 nitrogen and oxygen atoms in total. The van der Waals surface area contributed by atoms with Gasteiger partial charge in [0.1, 0.15) is 12.1 Å². The lowest BCUT2D eigenvalue weighted by Crippen LogP contribution is -2.05. The molecule has 0 aliphatic heterocycles. The van der Waals surface area contributed by atoms with Crippen molar-refractivity contribution in [3.63, 3.8) is 0 Å². The quantitative estimate of drug-likeness (QED) is 0.843. The van der Waals surface area contributed by atoms with Crippen LogP contribution < -0.4 is 5.73 Å². The van der Waals surface area contributed by atoms with E-state index < -0.39 is 0 Å². The average Bonchev–Trinajstić information content (AvgIpc) is 2.31. The maximum Gasteiger partial charge on any atom is 0.130 e. The highest BCUT2D eigenvalue weighted by atomic mass is 14.9. The molecule has 4 heteroatoms. The topological polar surface area (TPSA) is 64.7 Å². The van der Waals surface area contributed by atoms with Crippen LogP contribution in [0.5, 0.6) is 0 Å². The summed E-state index contributed by atoms with van der Waals surface area (Å²) in [6, 6.07) is 3.97. The predicted octanol–water partition coefficient (Wildman–Crippen LogP) is 1.61. The Bertz CT molecular complexity index is 468. The van der Waals surface area contributed by atoms with Crippen LogP contribution in [0.2, 0.25) is 0 Å². The first-order valence-corrected chi connectivity index (χ1v) is 5.28. The van der Waals surface area contributed by atoms with E-state index in [0.29, 0.717) is 5.82 Å². The molecule has 0 fully saturated rings. The van der Waals surface area contributed by atoms with Crippen molar-refractivity contribution in [3.05, 3.63) is 47.7 Å². The van der Waals surface area contributed by atoms with Crippen molar-refractivity contribution in [1.82, 2.24) is 15.0 Å². The van der Waals surface area contributed by atoms with Crippen LogP contribution in [0.25, 0.3) is 0 Å². The Kier molecular flexibility index (Phi) is 3.10. The van der Waals surface area contributed by atoms with Gasteiger partial charge in [-0.15, -0.1) is 0 Å². The number of hydrogen-bond acceptors (Lipinski definition) is 4. The summed E-state index contributed by atoms with van der Waals surface area (Å²) >= 11 is 0. The number of nitrogen functional groups attached to an aromatic ring is 1. The molecular weight excluding hydrogens is 200 g/mol. The van der Waals surface area contributed by atoms with Crippen LogP contribution in [0.1, 0.15) is 23.7 Å². The average molecular weight is 214 g/mol. The van der Waals surface area contributed by atoms with Gasteiger partial charge in [-0.1, -0.05) is 6.92 Å². The Balaban J connectivity index is 2.31. The van der Waals surface area contributed by atoms with Crippen LogP contribution in [-0.2, 0) is 12.8 Å². The van der Waals surface area contributed by atoms with Crippen molar-refractivity contribution in [2.75, 3.05) is 5.73 Å². The first-order chi connectivity index (χ1) is 7.81. The molecule has 0 spiro atoms. The molecule has 0 bridgehead atoms. The monoisotopic (exact) mass is 214 g/mol. The second kappa shape index (κ2) is 4.70. The summed E-state index contributed by atoms with van der Waals surface area (Å²) in [6.45, 7) is 2.06. The molecule has 2 N–H and O–H groups in total. The molecule has 0 amide bonds. The van der Waals surface area contributed by atoms with Gasteiger partial charge in [0.15, 0.2) is 0 Å². The second-order valence-corrected chi connectivity index (χ2v) is 3.57. The molecular formula is C12H14N4. The van der Waals surface area contributed by atoms with Crippen molar-refractivity contribution in [2.45, 2.75) is 19.8 Å². The molecule has 0 aliphatic carbocycles. The minimum absolute atomic E-state index is 0.585. The first kappa shape index (κ1) is 10.5. The Labute approximate surface area is 94.6 Å². The number of rotatable bonds is 3. The summed E-state index contributed by atoms with van der Waals surface area (Å²) in [4.78, 5) is 12.3. The minimum Gasteiger partial charge on any atom is -0.383 e. The normalized spacial score (nSPS) is 10.3. The van der Waals surface area contributed by atoms with Crippen LogP contribution >= 0.6 is 0 Å². The molecule has 2 rings (SSSR count). The zero-order valence-corrected chi connectivity index (χ0v) is 9.22. The standard InChI is InChI=1S/C12H14N4/c1-2-10-11(15-8-16-12(10)13)7-9-3-5-14-6-4-9/h3-6,8H,2,7H2,1H3,(H2,13,15,16). The van der Waals surface area contributed by atoms with Gasteiger partial charge in [-0.2, -0.15) is 0 Å². The number of anilines is 1. The Morgan fingerprint density at radius 2 is 1.94 bits per heavy atom. The van der Waals surface area contributed by atoms with Gasteiger partial charge >= 0.3 is 0 Å². The summed E-state index contributed by atoms with van der Waals surface area (Å²) in [7, 11) is 0. The number of hydrogen-bond donors (Lipinski definition) is 1. The van der Waals surface area contributed by atoms with Crippen molar-refractivity contribution in [2.24, 2.45) is 0 Å². The lowest BCUT2D eigenvalue weighted by atomic mass is 10.1. The van der Waals surface area contributed by atoms with Gasteiger partial charge < -0.3 is 5.73 Å². The molecule has 0 saturated heterocycles. The maximum atomic E-state index is 5.82. The number of pyridine rings is 1. The van der Waals surface area contributed by atoms with Gasteiger partial charge in [0.2, 0.25) is 0 Å². The summed E-state index contributed by atoms with van der Waals surface area (Å²) in [6.07, 6.45) is 6.72. The molecule has 0 aliphatic rings. The second-order valence-electron chi connectivity index (χ2n) is 3.57. The largest absolute Gasteiger partial charge is 0.383 e. The van der Waals surface area contributed by atoms with Crippen LogP contribution in [0.4, 0.5) is 5.82 Å². The fraction of sp³-hybridized carbons (Fsp3) is 0.250. The summed E-state index contributed by atoms with van der Waals surface area (Å²) < 4.78 is 0. The zero-order chi connectivity index (χ0) is 11.4. The number of aromatic nitrogens is 3. The molecule has 2 aromatic heterocycles. The fourth-order valence-electron chi connectivity index (χ4n) is 1.70. The Hall–Kier alpha value is -1.97. The summed E-state index contributed by atoms with van der Waals surface area (Å²) in [5, 5.41) is 0. The third kappa shape index (κ3) is 2.16. The van der Waals surface area contributed by atoms with E-state index in [1.807, 2.05) is 12.1 Å². The lowest BCUT2D eigenvalue weighted by molar-refractivity contribution is 0.954. The van der Waals surface area contributed by atoms with Crippen LogP contribution in [-0.4, -0.2) is 15.0 Å². The highest BCUT2D eigenvalue weighted by molar-refractivity contribution is 5.42. The molecule has 2 heterocycles. The van der Waals surface area contributed by atoms with Crippen molar-refractivity contribution >= 4 is 5.82 Å². The van der Waals surface area contributed by atoms with E-state index in [1.54, 1.807) is 12.4 Å². The highest BCUT2D eigenvalue weighted by Gasteiger charge is 2.07. The summed E-state index contributed by atoms with van der Waals surface area (Å²) in [5.74, 6) is 0.585. The maximum absolute atomic E-state index is 5.82. The van der Waals surface area contributed by atoms with Gasteiger partial charge in [0.05, 0.1) is 5.69 Å². The molecule has 0 aromatic carbocycles. The first-order valence-electron chi connectivity index (χ1n) is 5.28. The minimum atomic E-state index is 0.585. The van der Waals surface area contributed by atoms with Crippen LogP contribution in [0.3, 0.4) is 0 Å². The Morgan fingerprint density at radius 1 is 1.19 bits per heavy atom. The van der Waals surface area contributed by atoms with Gasteiger partial charge in [-0.25, -0.2) is 9.97 Å². The molecule has 2 aromatic rings. The molecule has 0 atom stereocenters. The van der Waals surface area contributed by atoms with Crippen molar-refractivity contribution in [3.8, 4) is 0 Å². The van der Waals surface area contributed by atoms with E-state index in [9.17, 15) is 0 Å². The molecule has 0 unspecified atom stereocenters. The number of nitrogens with two attached hydrogens (primary N) is 1. The lowest BCUT2D eigenvalue weighted by Gasteiger charge is -2.08. The Morgan fingerprint density at radius 3 is 2.62 bits per heavy atom. The molecule has 16 heavy (non-hydrogen) atoms. The third-order valence-electron chi connectivity index (χ3n) is 2.54. The van der Waals surface area contributed by atoms with E-state index >= 15 is 0 Å². The smallest absolute Gasteiger partial charge is 0.130 e. The van der Waals surface area contributed by atoms with E-state index in [2.05, 4.69) is 21.9 Å². The third-order valence-corrected chi connectivity index (χ3v) is 2.54. The zero-order valence-electron chi connectivity index (χ0n) is 9.22. The number of nitrogens with zero attached hydrogens (tertiary/aromatic N) is 3. The molecule has 0 radical (unpaired) electrons. The van der Waals surface area contributed by atoms with Gasteiger partial charge in [-0.05, 0) is 24.1 Å². The SMILES string of the molecule is CCc1c(N)ncnc1Cc1ccncc1. The van der Waals surface area contributed by atoms with E-state index in [1.165, 1.54) is 11.9 Å². The molecule has 0 saturated carbocycles. The van der Waals surface area contributed by atoms with Gasteiger partial charge in [-0.3, -0.25) is 4.98 Å². The molecule has 82 valence electrons. The summed E-state index contributed by atoms with van der Waals surface area (Å²) in [5.41, 5.74) is 9.05. The van der Waals surface area contributed by atoms with Crippen molar-refractivity contribution < 1.29 is 0 Å².